The van der Waals surface area contributed by atoms with Gasteiger partial charge in [0.25, 0.3) is 5.56 Å². The maximum atomic E-state index is 11.8. The minimum absolute atomic E-state index is 0.253. The lowest BCUT2D eigenvalue weighted by atomic mass is 10.0. The van der Waals surface area contributed by atoms with E-state index in [1.165, 1.54) is 6.07 Å². The van der Waals surface area contributed by atoms with Crippen molar-refractivity contribution in [3.63, 3.8) is 0 Å². The van der Waals surface area contributed by atoms with E-state index in [9.17, 15) is 9.59 Å². The standard InChI is InChI=1S/C15H15NO4/c1-8-6-10(4-5-12(8)20-3)13-9(2)7-11(15(18)19)14(17)16-13/h4-7H,1-3H3,(H,16,17)(H,18,19). The third kappa shape index (κ3) is 2.42. The number of hydrogen-bond donors (Lipinski definition) is 2. The molecule has 0 saturated carbocycles. The Morgan fingerprint density at radius 2 is 1.90 bits per heavy atom. The zero-order valence-corrected chi connectivity index (χ0v) is 11.5. The van der Waals surface area contributed by atoms with Crippen molar-refractivity contribution in [3.8, 4) is 17.0 Å². The van der Waals surface area contributed by atoms with Crippen molar-refractivity contribution in [1.82, 2.24) is 4.98 Å². The summed E-state index contributed by atoms with van der Waals surface area (Å²) in [7, 11) is 1.59. The molecule has 0 atom stereocenters. The number of aromatic carboxylic acids is 1. The van der Waals surface area contributed by atoms with Crippen molar-refractivity contribution >= 4 is 5.97 Å². The first-order chi connectivity index (χ1) is 9.43. The molecule has 0 bridgehead atoms. The quantitative estimate of drug-likeness (QED) is 0.899. The number of methoxy groups -OCH3 is 1. The normalized spacial score (nSPS) is 10.3. The molecule has 1 aromatic heterocycles. The van der Waals surface area contributed by atoms with Crippen molar-refractivity contribution in [2.24, 2.45) is 0 Å². The van der Waals surface area contributed by atoms with Crippen molar-refractivity contribution in [2.75, 3.05) is 7.11 Å². The van der Waals surface area contributed by atoms with Crippen LogP contribution in [0.2, 0.25) is 0 Å². The summed E-state index contributed by atoms with van der Waals surface area (Å²) in [6, 6.07) is 6.91. The molecule has 2 rings (SSSR count). The predicted octanol–water partition coefficient (Wildman–Crippen LogP) is 2.37. The molecule has 0 spiro atoms. The van der Waals surface area contributed by atoms with Crippen LogP contribution in [0.1, 0.15) is 21.5 Å². The van der Waals surface area contributed by atoms with Crippen molar-refractivity contribution in [3.05, 3.63) is 51.3 Å². The maximum Gasteiger partial charge on any atom is 0.341 e. The highest BCUT2D eigenvalue weighted by molar-refractivity contribution is 5.88. The molecular formula is C15H15NO4. The molecule has 5 heteroatoms. The highest BCUT2D eigenvalue weighted by atomic mass is 16.5. The van der Waals surface area contributed by atoms with Gasteiger partial charge in [0, 0.05) is 0 Å². The van der Waals surface area contributed by atoms with E-state index in [2.05, 4.69) is 4.98 Å². The molecule has 5 nitrogen and oxygen atoms in total. The Bertz CT molecular complexity index is 731. The van der Waals surface area contributed by atoms with Crippen LogP contribution in [0.4, 0.5) is 0 Å². The van der Waals surface area contributed by atoms with Gasteiger partial charge in [-0.15, -0.1) is 0 Å². The Hall–Kier alpha value is -2.56. The van der Waals surface area contributed by atoms with Gasteiger partial charge in [-0.3, -0.25) is 4.79 Å². The van der Waals surface area contributed by atoms with E-state index in [1.54, 1.807) is 14.0 Å². The molecular weight excluding hydrogens is 258 g/mol. The largest absolute Gasteiger partial charge is 0.496 e. The number of aryl methyl sites for hydroxylation is 2. The smallest absolute Gasteiger partial charge is 0.341 e. The van der Waals surface area contributed by atoms with E-state index >= 15 is 0 Å². The van der Waals surface area contributed by atoms with Gasteiger partial charge in [0.15, 0.2) is 0 Å². The van der Waals surface area contributed by atoms with Gasteiger partial charge in [-0.2, -0.15) is 0 Å². The SMILES string of the molecule is COc1ccc(-c2[nH]c(=O)c(C(=O)O)cc2C)cc1C. The monoisotopic (exact) mass is 273 g/mol. The Kier molecular flexibility index (Phi) is 3.61. The third-order valence-corrected chi connectivity index (χ3v) is 3.15. The number of carboxylic acid groups (broad SMARTS) is 1. The Balaban J connectivity index is 2.59. The topological polar surface area (TPSA) is 79.4 Å². The molecule has 0 unspecified atom stereocenters. The molecule has 2 aromatic rings. The van der Waals surface area contributed by atoms with Gasteiger partial charge in [0.1, 0.15) is 11.3 Å². The fourth-order valence-electron chi connectivity index (χ4n) is 2.13. The number of aromatic amines is 1. The number of aromatic nitrogens is 1. The summed E-state index contributed by atoms with van der Waals surface area (Å²) in [6.07, 6.45) is 0. The number of hydrogen-bond acceptors (Lipinski definition) is 3. The summed E-state index contributed by atoms with van der Waals surface area (Å²) in [5, 5.41) is 8.93. The van der Waals surface area contributed by atoms with Crippen LogP contribution in [0, 0.1) is 13.8 Å². The average Bonchev–Trinajstić information content (AvgIpc) is 2.40. The zero-order chi connectivity index (χ0) is 14.9. The molecule has 0 fully saturated rings. The van der Waals surface area contributed by atoms with E-state index in [1.807, 2.05) is 25.1 Å². The average molecular weight is 273 g/mol. The van der Waals surface area contributed by atoms with E-state index in [0.29, 0.717) is 11.3 Å². The molecule has 1 aromatic carbocycles. The van der Waals surface area contributed by atoms with Crippen molar-refractivity contribution in [2.45, 2.75) is 13.8 Å². The van der Waals surface area contributed by atoms with Crippen LogP contribution < -0.4 is 10.3 Å². The molecule has 20 heavy (non-hydrogen) atoms. The first-order valence-corrected chi connectivity index (χ1v) is 6.06. The van der Waals surface area contributed by atoms with Gasteiger partial charge in [-0.25, -0.2) is 4.79 Å². The van der Waals surface area contributed by atoms with Gasteiger partial charge in [-0.05, 0) is 54.8 Å². The first-order valence-electron chi connectivity index (χ1n) is 6.06. The van der Waals surface area contributed by atoms with E-state index in [0.717, 1.165) is 16.9 Å². The third-order valence-electron chi connectivity index (χ3n) is 3.15. The number of pyridine rings is 1. The number of carbonyl (C=O) groups is 1. The van der Waals surface area contributed by atoms with Crippen LogP contribution in [0.25, 0.3) is 11.3 Å². The van der Waals surface area contributed by atoms with E-state index < -0.39 is 11.5 Å². The summed E-state index contributed by atoms with van der Waals surface area (Å²) in [5.41, 5.74) is 2.21. The number of ether oxygens (including phenoxy) is 1. The highest BCUT2D eigenvalue weighted by Crippen LogP contribution is 2.26. The molecule has 0 aliphatic rings. The summed E-state index contributed by atoms with van der Waals surface area (Å²) >= 11 is 0. The van der Waals surface area contributed by atoms with Crippen LogP contribution in [-0.2, 0) is 0 Å². The van der Waals surface area contributed by atoms with Crippen LogP contribution >= 0.6 is 0 Å². The molecule has 104 valence electrons. The predicted molar refractivity (Wildman–Crippen MR) is 75.5 cm³/mol. The second-order valence-electron chi connectivity index (χ2n) is 4.56. The Labute approximate surface area is 115 Å². The zero-order valence-electron chi connectivity index (χ0n) is 11.5. The minimum Gasteiger partial charge on any atom is -0.496 e. The lowest BCUT2D eigenvalue weighted by molar-refractivity contribution is 0.0695. The molecule has 0 amide bonds. The second kappa shape index (κ2) is 5.21. The van der Waals surface area contributed by atoms with Gasteiger partial charge < -0.3 is 14.8 Å². The molecule has 0 radical (unpaired) electrons. The van der Waals surface area contributed by atoms with Gasteiger partial charge in [-0.1, -0.05) is 0 Å². The maximum absolute atomic E-state index is 11.8. The lowest BCUT2D eigenvalue weighted by Gasteiger charge is -2.10. The Morgan fingerprint density at radius 1 is 1.20 bits per heavy atom. The van der Waals surface area contributed by atoms with Crippen molar-refractivity contribution < 1.29 is 14.6 Å². The first kappa shape index (κ1) is 13.9. The molecule has 2 N–H and O–H groups in total. The number of H-pyrrole nitrogens is 1. The minimum atomic E-state index is -1.23. The number of rotatable bonds is 3. The Morgan fingerprint density at radius 3 is 2.45 bits per heavy atom. The number of carboxylic acids is 1. The van der Waals surface area contributed by atoms with Gasteiger partial charge in [0.2, 0.25) is 0 Å². The molecule has 1 heterocycles. The fraction of sp³-hybridized carbons (Fsp3) is 0.200. The molecule has 0 aliphatic carbocycles. The highest BCUT2D eigenvalue weighted by Gasteiger charge is 2.13. The van der Waals surface area contributed by atoms with Crippen LogP contribution in [0.5, 0.6) is 5.75 Å². The van der Waals surface area contributed by atoms with Crippen LogP contribution in [0.15, 0.2) is 29.1 Å². The van der Waals surface area contributed by atoms with Gasteiger partial charge >= 0.3 is 5.97 Å². The summed E-state index contributed by atoms with van der Waals surface area (Å²) < 4.78 is 5.19. The number of benzene rings is 1. The van der Waals surface area contributed by atoms with Gasteiger partial charge in [0.05, 0.1) is 12.8 Å². The fourth-order valence-corrected chi connectivity index (χ4v) is 2.13. The van der Waals surface area contributed by atoms with E-state index in [4.69, 9.17) is 9.84 Å². The lowest BCUT2D eigenvalue weighted by Crippen LogP contribution is -2.18. The van der Waals surface area contributed by atoms with Crippen molar-refractivity contribution in [1.29, 1.82) is 0 Å². The summed E-state index contributed by atoms with van der Waals surface area (Å²) in [4.78, 5) is 25.3. The molecule has 0 saturated heterocycles. The molecule has 0 aliphatic heterocycles. The number of nitrogens with one attached hydrogen (secondary N) is 1. The summed E-state index contributed by atoms with van der Waals surface area (Å²) in [6.45, 7) is 3.67. The second-order valence-corrected chi connectivity index (χ2v) is 4.56. The van der Waals surface area contributed by atoms with Crippen LogP contribution in [-0.4, -0.2) is 23.2 Å². The van der Waals surface area contributed by atoms with E-state index in [-0.39, 0.29) is 5.56 Å². The summed E-state index contributed by atoms with van der Waals surface area (Å²) in [5.74, 6) is -0.470. The van der Waals surface area contributed by atoms with Crippen LogP contribution in [0.3, 0.4) is 0 Å².